The Balaban J connectivity index is 3.06. The maximum Gasteiger partial charge on any atom is 0.308 e. The summed E-state index contributed by atoms with van der Waals surface area (Å²) in [5.74, 6) is -0.940. The van der Waals surface area contributed by atoms with Gasteiger partial charge in [-0.15, -0.1) is 11.3 Å². The molecule has 0 spiro atoms. The molecule has 0 aromatic carbocycles. The molecule has 1 aromatic rings. The first-order valence-corrected chi connectivity index (χ1v) is 7.35. The van der Waals surface area contributed by atoms with Crippen LogP contribution in [0.1, 0.15) is 27.8 Å². The van der Waals surface area contributed by atoms with E-state index in [1.807, 2.05) is 0 Å². The highest BCUT2D eigenvalue weighted by Crippen LogP contribution is 2.28. The molecule has 7 heteroatoms. The molecule has 0 amide bonds. The van der Waals surface area contributed by atoms with Crippen LogP contribution in [0.2, 0.25) is 0 Å². The first-order chi connectivity index (χ1) is 7.21. The van der Waals surface area contributed by atoms with Crippen LogP contribution in [0.4, 0.5) is 0 Å². The number of hydrogen-bond donors (Lipinski definition) is 1. The summed E-state index contributed by atoms with van der Waals surface area (Å²) in [4.78, 5) is 15.3. The van der Waals surface area contributed by atoms with Crippen molar-refractivity contribution < 1.29 is 18.3 Å². The van der Waals surface area contributed by atoms with Crippen molar-refractivity contribution in [2.45, 2.75) is 25.5 Å². The molecule has 0 aliphatic rings. The topological polar surface area (TPSA) is 84.3 Å². The number of thiazole rings is 1. The highest BCUT2D eigenvalue weighted by molar-refractivity contribution is 7.91. The van der Waals surface area contributed by atoms with Crippen LogP contribution in [-0.2, 0) is 21.1 Å². The van der Waals surface area contributed by atoms with Gasteiger partial charge < -0.3 is 5.11 Å². The van der Waals surface area contributed by atoms with E-state index in [2.05, 4.69) is 4.98 Å². The Labute approximate surface area is 98.1 Å². The number of hydrogen-bond acceptors (Lipinski definition) is 5. The summed E-state index contributed by atoms with van der Waals surface area (Å²) >= 11 is 1.15. The second-order valence-electron chi connectivity index (χ2n) is 3.60. The fourth-order valence-electron chi connectivity index (χ4n) is 1.11. The van der Waals surface area contributed by atoms with E-state index in [-0.39, 0.29) is 6.42 Å². The van der Waals surface area contributed by atoms with Crippen LogP contribution in [-0.4, -0.2) is 30.7 Å². The van der Waals surface area contributed by atoms with Crippen LogP contribution >= 0.6 is 11.3 Å². The Morgan fingerprint density at radius 2 is 2.12 bits per heavy atom. The van der Waals surface area contributed by atoms with E-state index in [1.54, 1.807) is 13.8 Å². The van der Waals surface area contributed by atoms with Crippen molar-refractivity contribution in [2.75, 3.05) is 6.26 Å². The van der Waals surface area contributed by atoms with Crippen molar-refractivity contribution in [3.8, 4) is 0 Å². The summed E-state index contributed by atoms with van der Waals surface area (Å²) in [7, 11) is -3.19. The van der Waals surface area contributed by atoms with E-state index in [9.17, 15) is 13.2 Å². The maximum atomic E-state index is 11.3. The van der Waals surface area contributed by atoms with Crippen LogP contribution in [0.5, 0.6) is 0 Å². The molecule has 0 saturated heterocycles. The highest BCUT2D eigenvalue weighted by Gasteiger charge is 2.22. The second-order valence-corrected chi connectivity index (χ2v) is 7.08. The zero-order chi connectivity index (χ0) is 12.5. The Kier molecular flexibility index (Phi) is 3.69. The summed E-state index contributed by atoms with van der Waals surface area (Å²) in [6, 6.07) is 0. The lowest BCUT2D eigenvalue weighted by Crippen LogP contribution is -2.07. The minimum atomic E-state index is -3.19. The fraction of sp³-hybridized carbons (Fsp3) is 0.556. The number of carboxylic acids is 1. The average Bonchev–Trinajstić information content (AvgIpc) is 2.44. The van der Waals surface area contributed by atoms with E-state index in [1.165, 1.54) is 0 Å². The van der Waals surface area contributed by atoms with Gasteiger partial charge in [-0.05, 0) is 13.8 Å². The summed E-state index contributed by atoms with van der Waals surface area (Å²) in [5.41, 5.74) is 0.595. The van der Waals surface area contributed by atoms with E-state index in [0.717, 1.165) is 17.6 Å². The summed E-state index contributed by atoms with van der Waals surface area (Å²) in [5, 5.41) is 8.43. The monoisotopic (exact) mass is 263 g/mol. The summed E-state index contributed by atoms with van der Waals surface area (Å²) < 4.78 is 22.6. The molecule has 0 saturated carbocycles. The van der Waals surface area contributed by atoms with Gasteiger partial charge in [0.1, 0.15) is 10.3 Å². The van der Waals surface area contributed by atoms with Gasteiger partial charge >= 0.3 is 5.97 Å². The van der Waals surface area contributed by atoms with Gasteiger partial charge in [0, 0.05) is 11.1 Å². The van der Waals surface area contributed by atoms with Crippen molar-refractivity contribution in [3.63, 3.8) is 0 Å². The van der Waals surface area contributed by atoms with Gasteiger partial charge in [0.25, 0.3) is 0 Å². The summed E-state index contributed by atoms with van der Waals surface area (Å²) in [6.45, 7) is 3.24. The molecular weight excluding hydrogens is 250 g/mol. The number of rotatable bonds is 4. The largest absolute Gasteiger partial charge is 0.481 e. The lowest BCUT2D eigenvalue weighted by atomic mass is 10.3. The van der Waals surface area contributed by atoms with Gasteiger partial charge in [0.2, 0.25) is 0 Å². The molecule has 1 atom stereocenters. The molecule has 0 aliphatic carbocycles. The van der Waals surface area contributed by atoms with Crippen LogP contribution < -0.4 is 0 Å². The number of carboxylic acid groups (broad SMARTS) is 1. The van der Waals surface area contributed by atoms with Gasteiger partial charge in [-0.2, -0.15) is 0 Å². The van der Waals surface area contributed by atoms with Crippen LogP contribution in [0.15, 0.2) is 0 Å². The van der Waals surface area contributed by atoms with Crippen LogP contribution in [0.3, 0.4) is 0 Å². The minimum absolute atomic E-state index is 0.111. The second kappa shape index (κ2) is 4.50. The number of sulfone groups is 1. The van der Waals surface area contributed by atoms with Crippen molar-refractivity contribution in [2.24, 2.45) is 0 Å². The minimum Gasteiger partial charge on any atom is -0.481 e. The van der Waals surface area contributed by atoms with Crippen LogP contribution in [0.25, 0.3) is 0 Å². The van der Waals surface area contributed by atoms with Crippen molar-refractivity contribution in [3.05, 3.63) is 15.6 Å². The molecule has 1 aromatic heterocycles. The number of aromatic nitrogens is 1. The lowest BCUT2D eigenvalue weighted by molar-refractivity contribution is -0.136. The molecule has 90 valence electrons. The van der Waals surface area contributed by atoms with Crippen molar-refractivity contribution in [1.29, 1.82) is 0 Å². The smallest absolute Gasteiger partial charge is 0.308 e. The number of nitrogens with zero attached hydrogens (tertiary/aromatic N) is 1. The Bertz CT molecular complexity index is 504. The average molecular weight is 263 g/mol. The first-order valence-electron chi connectivity index (χ1n) is 4.58. The third-order valence-corrected chi connectivity index (χ3v) is 5.21. The number of carbonyl (C=O) groups is 1. The van der Waals surface area contributed by atoms with Crippen LogP contribution in [0, 0.1) is 6.92 Å². The molecule has 0 bridgehead atoms. The Morgan fingerprint density at radius 3 is 2.56 bits per heavy atom. The van der Waals surface area contributed by atoms with Gasteiger partial charge in [0.15, 0.2) is 9.84 Å². The molecule has 1 N–H and O–H groups in total. The SMILES string of the molecule is Cc1nc(C(C)S(C)(=O)=O)sc1CC(=O)O. The van der Waals surface area contributed by atoms with E-state index in [4.69, 9.17) is 5.11 Å². The molecular formula is C9H13NO4S2. The first kappa shape index (κ1) is 13.1. The van der Waals surface area contributed by atoms with E-state index < -0.39 is 21.1 Å². The van der Waals surface area contributed by atoms with Gasteiger partial charge in [0.05, 0.1) is 12.1 Å². The normalized spacial score (nSPS) is 13.7. The molecule has 0 radical (unpaired) electrons. The molecule has 0 fully saturated rings. The summed E-state index contributed by atoms with van der Waals surface area (Å²) in [6.07, 6.45) is 1.03. The molecule has 0 aliphatic heterocycles. The van der Waals surface area contributed by atoms with Gasteiger partial charge in [-0.3, -0.25) is 4.79 Å². The molecule has 1 unspecified atom stereocenters. The third kappa shape index (κ3) is 3.02. The number of aryl methyl sites for hydroxylation is 1. The Hall–Kier alpha value is -0.950. The van der Waals surface area contributed by atoms with Crippen molar-refractivity contribution in [1.82, 2.24) is 4.98 Å². The third-order valence-electron chi connectivity index (χ3n) is 2.21. The molecule has 16 heavy (non-hydrogen) atoms. The Morgan fingerprint density at radius 1 is 1.56 bits per heavy atom. The molecule has 5 nitrogen and oxygen atoms in total. The molecule has 1 rings (SSSR count). The lowest BCUT2D eigenvalue weighted by Gasteiger charge is -2.03. The quantitative estimate of drug-likeness (QED) is 0.882. The van der Waals surface area contributed by atoms with Crippen molar-refractivity contribution >= 4 is 27.1 Å². The zero-order valence-corrected chi connectivity index (χ0v) is 10.9. The highest BCUT2D eigenvalue weighted by atomic mass is 32.2. The predicted octanol–water partition coefficient (Wildman–Crippen LogP) is 1.18. The van der Waals surface area contributed by atoms with Gasteiger partial charge in [-0.25, -0.2) is 13.4 Å². The zero-order valence-electron chi connectivity index (χ0n) is 9.22. The fourth-order valence-corrected chi connectivity index (χ4v) is 3.19. The number of aliphatic carboxylic acids is 1. The van der Waals surface area contributed by atoms with Gasteiger partial charge in [-0.1, -0.05) is 0 Å². The van der Waals surface area contributed by atoms with E-state index in [0.29, 0.717) is 15.6 Å². The molecule has 1 heterocycles. The predicted molar refractivity (Wildman–Crippen MR) is 61.4 cm³/mol. The maximum absolute atomic E-state index is 11.3. The standard InChI is InChI=1S/C9H13NO4S2/c1-5-7(4-8(11)12)15-9(10-5)6(2)16(3,13)14/h6H,4H2,1-3H3,(H,11,12). The van der Waals surface area contributed by atoms with E-state index >= 15 is 0 Å².